The highest BCUT2D eigenvalue weighted by atomic mass is 15.3. The summed E-state index contributed by atoms with van der Waals surface area (Å²) in [4.78, 5) is 14.9. The van der Waals surface area contributed by atoms with E-state index in [-0.39, 0.29) is 0 Å². The van der Waals surface area contributed by atoms with Crippen LogP contribution in [0, 0.1) is 6.92 Å². The number of para-hydroxylation sites is 2. The second-order valence-corrected chi connectivity index (χ2v) is 6.47. The van der Waals surface area contributed by atoms with Crippen molar-refractivity contribution in [2.24, 2.45) is 4.99 Å². The fourth-order valence-corrected chi connectivity index (χ4v) is 2.98. The van der Waals surface area contributed by atoms with E-state index in [1.165, 1.54) is 11.1 Å². The Balaban J connectivity index is 1.65. The molecule has 1 aromatic heterocycles. The monoisotopic (exact) mass is 349 g/mol. The van der Waals surface area contributed by atoms with Gasteiger partial charge in [0.15, 0.2) is 5.96 Å². The molecule has 0 aliphatic carbocycles. The van der Waals surface area contributed by atoms with Crippen LogP contribution in [0.25, 0.3) is 11.0 Å². The van der Waals surface area contributed by atoms with Crippen molar-refractivity contribution >= 4 is 17.0 Å². The minimum Gasteiger partial charge on any atom is -0.357 e. The molecule has 5 nitrogen and oxygen atoms in total. The zero-order valence-corrected chi connectivity index (χ0v) is 15.8. The summed E-state index contributed by atoms with van der Waals surface area (Å²) in [6, 6.07) is 16.6. The maximum atomic E-state index is 4.78. The van der Waals surface area contributed by atoms with E-state index in [9.17, 15) is 0 Å². The Bertz CT molecular complexity index is 848. The molecule has 0 spiro atoms. The van der Waals surface area contributed by atoms with Gasteiger partial charge >= 0.3 is 0 Å². The smallest absolute Gasteiger partial charge is 0.193 e. The van der Waals surface area contributed by atoms with E-state index in [0.29, 0.717) is 6.54 Å². The third kappa shape index (κ3) is 4.42. The number of aromatic amines is 1. The van der Waals surface area contributed by atoms with Crippen LogP contribution in [0.1, 0.15) is 23.9 Å². The molecule has 0 aliphatic heterocycles. The van der Waals surface area contributed by atoms with Crippen LogP contribution in [0.15, 0.2) is 53.5 Å². The lowest BCUT2D eigenvalue weighted by atomic mass is 10.1. The van der Waals surface area contributed by atoms with Gasteiger partial charge in [0.1, 0.15) is 5.82 Å². The molecule has 0 saturated carbocycles. The summed E-state index contributed by atoms with van der Waals surface area (Å²) in [6.45, 7) is 6.62. The topological polar surface area (TPSA) is 56.3 Å². The Morgan fingerprint density at radius 2 is 1.92 bits per heavy atom. The summed E-state index contributed by atoms with van der Waals surface area (Å²) in [6.07, 6.45) is 0.793. The highest BCUT2D eigenvalue weighted by Gasteiger charge is 2.08. The molecule has 0 atom stereocenters. The summed E-state index contributed by atoms with van der Waals surface area (Å²) < 4.78 is 0. The number of guanidine groups is 1. The minimum absolute atomic E-state index is 0.695. The Morgan fingerprint density at radius 1 is 1.15 bits per heavy atom. The molecular formula is C21H27N5. The minimum atomic E-state index is 0.695. The summed E-state index contributed by atoms with van der Waals surface area (Å²) in [5.41, 5.74) is 4.71. The Kier molecular flexibility index (Phi) is 5.89. The number of rotatable bonds is 6. The molecule has 5 heteroatoms. The van der Waals surface area contributed by atoms with Crippen molar-refractivity contribution in [3.63, 3.8) is 0 Å². The first kappa shape index (κ1) is 18.0. The van der Waals surface area contributed by atoms with Crippen molar-refractivity contribution < 1.29 is 0 Å². The number of nitrogens with one attached hydrogen (secondary N) is 2. The van der Waals surface area contributed by atoms with Crippen LogP contribution in [0.2, 0.25) is 0 Å². The van der Waals surface area contributed by atoms with E-state index in [1.54, 1.807) is 0 Å². The number of benzene rings is 2. The summed E-state index contributed by atoms with van der Waals surface area (Å²) in [5.74, 6) is 1.90. The van der Waals surface area contributed by atoms with Gasteiger partial charge in [0, 0.05) is 33.1 Å². The molecule has 0 aliphatic rings. The van der Waals surface area contributed by atoms with Crippen molar-refractivity contribution in [3.05, 3.63) is 65.5 Å². The maximum absolute atomic E-state index is 4.78. The van der Waals surface area contributed by atoms with Crippen LogP contribution >= 0.6 is 0 Å². The van der Waals surface area contributed by atoms with E-state index in [4.69, 9.17) is 4.99 Å². The lowest BCUT2D eigenvalue weighted by molar-refractivity contribution is 0.475. The van der Waals surface area contributed by atoms with Gasteiger partial charge in [-0.05, 0) is 37.1 Å². The fourth-order valence-electron chi connectivity index (χ4n) is 2.98. The van der Waals surface area contributed by atoms with E-state index in [2.05, 4.69) is 71.4 Å². The first-order valence-electron chi connectivity index (χ1n) is 9.15. The second kappa shape index (κ2) is 8.52. The highest BCUT2D eigenvalue weighted by Crippen LogP contribution is 2.11. The average Bonchev–Trinajstić information content (AvgIpc) is 3.05. The largest absolute Gasteiger partial charge is 0.357 e. The van der Waals surface area contributed by atoms with Crippen molar-refractivity contribution in [2.75, 3.05) is 20.1 Å². The molecule has 3 rings (SSSR count). The summed E-state index contributed by atoms with van der Waals surface area (Å²) in [7, 11) is 2.08. The molecule has 2 N–H and O–H groups in total. The standard InChI is InChI=1S/C21H27N5/c1-4-22-21(26(3)15-17-10-6-5-9-16(17)2)23-14-13-20-24-18-11-7-8-12-19(18)25-20/h5-12H,4,13-15H2,1-3H3,(H,22,23)(H,24,25). The molecular weight excluding hydrogens is 322 g/mol. The third-order valence-corrected chi connectivity index (χ3v) is 4.41. The van der Waals surface area contributed by atoms with E-state index in [0.717, 1.165) is 42.3 Å². The first-order chi connectivity index (χ1) is 12.7. The van der Waals surface area contributed by atoms with Crippen LogP contribution in [0.4, 0.5) is 0 Å². The van der Waals surface area contributed by atoms with Crippen molar-refractivity contribution in [2.45, 2.75) is 26.8 Å². The number of hydrogen-bond donors (Lipinski definition) is 2. The summed E-state index contributed by atoms with van der Waals surface area (Å²) >= 11 is 0. The van der Waals surface area contributed by atoms with Gasteiger partial charge in [0.25, 0.3) is 0 Å². The number of H-pyrrole nitrogens is 1. The van der Waals surface area contributed by atoms with Crippen molar-refractivity contribution in [3.8, 4) is 0 Å². The second-order valence-electron chi connectivity index (χ2n) is 6.47. The van der Waals surface area contributed by atoms with Crippen LogP contribution in [-0.2, 0) is 13.0 Å². The van der Waals surface area contributed by atoms with Crippen LogP contribution in [0.5, 0.6) is 0 Å². The van der Waals surface area contributed by atoms with Gasteiger partial charge in [-0.3, -0.25) is 4.99 Å². The Labute approximate surface area is 155 Å². The van der Waals surface area contributed by atoms with E-state index < -0.39 is 0 Å². The number of imidazole rings is 1. The average molecular weight is 349 g/mol. The lowest BCUT2D eigenvalue weighted by Crippen LogP contribution is -2.38. The third-order valence-electron chi connectivity index (χ3n) is 4.41. The number of fused-ring (bicyclic) bond motifs is 1. The molecule has 0 radical (unpaired) electrons. The zero-order valence-electron chi connectivity index (χ0n) is 15.8. The van der Waals surface area contributed by atoms with Gasteiger partial charge in [-0.15, -0.1) is 0 Å². The first-order valence-corrected chi connectivity index (χ1v) is 9.15. The van der Waals surface area contributed by atoms with Gasteiger partial charge in [0.2, 0.25) is 0 Å². The molecule has 0 fully saturated rings. The quantitative estimate of drug-likeness (QED) is 0.529. The van der Waals surface area contributed by atoms with Gasteiger partial charge in [-0.2, -0.15) is 0 Å². The molecule has 26 heavy (non-hydrogen) atoms. The van der Waals surface area contributed by atoms with Gasteiger partial charge in [-0.1, -0.05) is 36.4 Å². The molecule has 136 valence electrons. The molecule has 0 saturated heterocycles. The van der Waals surface area contributed by atoms with Gasteiger partial charge in [0.05, 0.1) is 11.0 Å². The van der Waals surface area contributed by atoms with Gasteiger partial charge in [-0.25, -0.2) is 4.98 Å². The Hall–Kier alpha value is -2.82. The van der Waals surface area contributed by atoms with Crippen LogP contribution < -0.4 is 5.32 Å². The van der Waals surface area contributed by atoms with E-state index >= 15 is 0 Å². The van der Waals surface area contributed by atoms with E-state index in [1.807, 2.05) is 18.2 Å². The number of aryl methyl sites for hydroxylation is 1. The van der Waals surface area contributed by atoms with Crippen molar-refractivity contribution in [1.29, 1.82) is 0 Å². The van der Waals surface area contributed by atoms with Gasteiger partial charge < -0.3 is 15.2 Å². The summed E-state index contributed by atoms with van der Waals surface area (Å²) in [5, 5.41) is 3.38. The predicted octanol–water partition coefficient (Wildman–Crippen LogP) is 3.51. The molecule has 0 amide bonds. The number of aromatic nitrogens is 2. The number of aliphatic imine (C=N–C) groups is 1. The lowest BCUT2D eigenvalue weighted by Gasteiger charge is -2.23. The molecule has 1 heterocycles. The zero-order chi connectivity index (χ0) is 18.4. The van der Waals surface area contributed by atoms with Crippen LogP contribution in [-0.4, -0.2) is 41.0 Å². The maximum Gasteiger partial charge on any atom is 0.193 e. The number of nitrogens with zero attached hydrogens (tertiary/aromatic N) is 3. The number of hydrogen-bond acceptors (Lipinski definition) is 2. The fraction of sp³-hybridized carbons (Fsp3) is 0.333. The molecule has 3 aromatic rings. The van der Waals surface area contributed by atoms with Crippen molar-refractivity contribution in [1.82, 2.24) is 20.2 Å². The SMILES string of the molecule is CCNC(=NCCc1nc2ccccc2[nH]1)N(C)Cc1ccccc1C. The Morgan fingerprint density at radius 3 is 2.69 bits per heavy atom. The predicted molar refractivity (Wildman–Crippen MR) is 108 cm³/mol. The highest BCUT2D eigenvalue weighted by molar-refractivity contribution is 5.79. The molecule has 0 bridgehead atoms. The van der Waals surface area contributed by atoms with Crippen LogP contribution in [0.3, 0.4) is 0 Å². The normalized spacial score (nSPS) is 11.7. The molecule has 2 aromatic carbocycles. The molecule has 0 unspecified atom stereocenters.